The number of pyridine rings is 2. The Bertz CT molecular complexity index is 828. The lowest BCUT2D eigenvalue weighted by Gasteiger charge is -2.25. The Morgan fingerprint density at radius 1 is 1.12 bits per heavy atom. The molecule has 1 unspecified atom stereocenters. The number of nitrogens with zero attached hydrogens (tertiary/aromatic N) is 3. The topological polar surface area (TPSA) is 58.1 Å². The zero-order chi connectivity index (χ0) is 16.9. The molecular formula is C19H20N4O. The lowest BCUT2D eigenvalue weighted by Crippen LogP contribution is -2.34. The van der Waals surface area contributed by atoms with Gasteiger partial charge in [0.25, 0.3) is 5.91 Å². The van der Waals surface area contributed by atoms with E-state index in [-0.39, 0.29) is 11.9 Å². The molecule has 0 saturated carbocycles. The predicted molar refractivity (Wildman–Crippen MR) is 94.7 cm³/mol. The van der Waals surface area contributed by atoms with Gasteiger partial charge in [-0.05, 0) is 31.8 Å². The molecule has 1 aromatic carbocycles. The quantitative estimate of drug-likeness (QED) is 0.785. The van der Waals surface area contributed by atoms with E-state index in [0.29, 0.717) is 17.6 Å². The number of hydrogen-bond donors (Lipinski definition) is 1. The van der Waals surface area contributed by atoms with Crippen molar-refractivity contribution >= 4 is 16.8 Å². The number of fused-ring (bicyclic) bond motifs is 1. The van der Waals surface area contributed by atoms with Crippen molar-refractivity contribution in [2.75, 3.05) is 20.6 Å². The fourth-order valence-corrected chi connectivity index (χ4v) is 2.72. The minimum absolute atomic E-state index is 0.103. The van der Waals surface area contributed by atoms with Crippen LogP contribution < -0.4 is 5.32 Å². The highest BCUT2D eigenvalue weighted by atomic mass is 16.1. The summed E-state index contributed by atoms with van der Waals surface area (Å²) in [6, 6.07) is 14.0. The largest absolute Gasteiger partial charge is 0.350 e. The maximum Gasteiger partial charge on any atom is 0.255 e. The molecule has 0 bridgehead atoms. The van der Waals surface area contributed by atoms with Crippen molar-refractivity contribution in [2.24, 2.45) is 0 Å². The van der Waals surface area contributed by atoms with E-state index in [9.17, 15) is 4.79 Å². The van der Waals surface area contributed by atoms with Gasteiger partial charge >= 0.3 is 0 Å². The number of likely N-dealkylation sites (N-methyl/N-ethyl adjacent to an activating group) is 1. The number of hydrogen-bond acceptors (Lipinski definition) is 4. The molecule has 2 aromatic heterocycles. The summed E-state index contributed by atoms with van der Waals surface area (Å²) in [5.41, 5.74) is 2.33. The smallest absolute Gasteiger partial charge is 0.255 e. The van der Waals surface area contributed by atoms with Crippen LogP contribution in [0.1, 0.15) is 22.0 Å². The van der Waals surface area contributed by atoms with Crippen LogP contribution in [0.15, 0.2) is 61.1 Å². The molecule has 5 heteroatoms. The Kier molecular flexibility index (Phi) is 4.82. The first-order valence-corrected chi connectivity index (χ1v) is 7.85. The summed E-state index contributed by atoms with van der Waals surface area (Å²) in [4.78, 5) is 23.2. The lowest BCUT2D eigenvalue weighted by molar-refractivity contribution is 0.0943. The van der Waals surface area contributed by atoms with Crippen LogP contribution in [-0.4, -0.2) is 41.4 Å². The summed E-state index contributed by atoms with van der Waals surface area (Å²) in [6.07, 6.45) is 4.97. The van der Waals surface area contributed by atoms with Crippen LogP contribution >= 0.6 is 0 Å². The molecule has 1 atom stereocenters. The number of nitrogens with one attached hydrogen (secondary N) is 1. The van der Waals surface area contributed by atoms with E-state index in [1.165, 1.54) is 0 Å². The number of benzene rings is 1. The number of aromatic nitrogens is 2. The van der Waals surface area contributed by atoms with Gasteiger partial charge in [-0.3, -0.25) is 14.8 Å². The monoisotopic (exact) mass is 320 g/mol. The second-order valence-corrected chi connectivity index (χ2v) is 5.86. The van der Waals surface area contributed by atoms with Crippen molar-refractivity contribution < 1.29 is 4.79 Å². The highest BCUT2D eigenvalue weighted by Gasteiger charge is 2.17. The molecule has 0 fully saturated rings. The zero-order valence-corrected chi connectivity index (χ0v) is 13.8. The summed E-state index contributed by atoms with van der Waals surface area (Å²) >= 11 is 0. The Morgan fingerprint density at radius 3 is 2.67 bits per heavy atom. The number of amides is 1. The zero-order valence-electron chi connectivity index (χ0n) is 13.8. The van der Waals surface area contributed by atoms with Gasteiger partial charge < -0.3 is 10.2 Å². The van der Waals surface area contributed by atoms with E-state index in [0.717, 1.165) is 10.9 Å². The van der Waals surface area contributed by atoms with Gasteiger partial charge in [0.2, 0.25) is 0 Å². The molecule has 0 saturated heterocycles. The molecule has 3 rings (SSSR count). The summed E-state index contributed by atoms with van der Waals surface area (Å²) in [5, 5.41) is 3.87. The fraction of sp³-hybridized carbons (Fsp3) is 0.211. The first kappa shape index (κ1) is 16.1. The highest BCUT2D eigenvalue weighted by Crippen LogP contribution is 2.18. The molecule has 0 aliphatic heterocycles. The van der Waals surface area contributed by atoms with Crippen molar-refractivity contribution in [2.45, 2.75) is 6.04 Å². The molecule has 0 aliphatic rings. The van der Waals surface area contributed by atoms with E-state index >= 15 is 0 Å². The van der Waals surface area contributed by atoms with Crippen LogP contribution in [0.5, 0.6) is 0 Å². The second kappa shape index (κ2) is 7.19. The number of carbonyl (C=O) groups excluding carboxylic acids is 1. The Balaban J connectivity index is 1.79. The first-order chi connectivity index (χ1) is 11.7. The molecular weight excluding hydrogens is 300 g/mol. The van der Waals surface area contributed by atoms with Crippen molar-refractivity contribution in [1.29, 1.82) is 0 Å². The first-order valence-electron chi connectivity index (χ1n) is 7.85. The number of carbonyl (C=O) groups is 1. The van der Waals surface area contributed by atoms with E-state index in [4.69, 9.17) is 0 Å². The van der Waals surface area contributed by atoms with Gasteiger partial charge in [0.15, 0.2) is 0 Å². The highest BCUT2D eigenvalue weighted by molar-refractivity contribution is 6.04. The van der Waals surface area contributed by atoms with Gasteiger partial charge in [0, 0.05) is 30.5 Å². The fourth-order valence-electron chi connectivity index (χ4n) is 2.72. The van der Waals surface area contributed by atoms with Crippen molar-refractivity contribution in [3.05, 3.63) is 72.2 Å². The van der Waals surface area contributed by atoms with Crippen molar-refractivity contribution in [3.8, 4) is 0 Å². The van der Waals surface area contributed by atoms with E-state index in [1.54, 1.807) is 18.6 Å². The summed E-state index contributed by atoms with van der Waals surface area (Å²) in [5.74, 6) is -0.158. The Hall–Kier alpha value is -2.79. The Morgan fingerprint density at radius 2 is 1.92 bits per heavy atom. The van der Waals surface area contributed by atoms with E-state index in [1.807, 2.05) is 44.4 Å². The summed E-state index contributed by atoms with van der Waals surface area (Å²) in [6.45, 7) is 0.513. The van der Waals surface area contributed by atoms with Crippen LogP contribution in [0.3, 0.4) is 0 Å². The van der Waals surface area contributed by atoms with E-state index in [2.05, 4.69) is 32.3 Å². The van der Waals surface area contributed by atoms with Crippen LogP contribution in [-0.2, 0) is 0 Å². The molecule has 24 heavy (non-hydrogen) atoms. The third-order valence-electron chi connectivity index (χ3n) is 4.02. The lowest BCUT2D eigenvalue weighted by atomic mass is 10.1. The van der Waals surface area contributed by atoms with Crippen LogP contribution in [0.2, 0.25) is 0 Å². The average Bonchev–Trinajstić information content (AvgIpc) is 2.62. The molecule has 1 N–H and O–H groups in total. The Labute approximate surface area is 141 Å². The van der Waals surface area contributed by atoms with Crippen LogP contribution in [0, 0.1) is 0 Å². The van der Waals surface area contributed by atoms with Gasteiger partial charge in [0.1, 0.15) is 0 Å². The third-order valence-corrected chi connectivity index (χ3v) is 4.02. The SMILES string of the molecule is CN(C)C(CNC(=O)c1cncc2cccnc12)c1ccccc1. The molecule has 0 aliphatic carbocycles. The van der Waals surface area contributed by atoms with Crippen molar-refractivity contribution in [3.63, 3.8) is 0 Å². The third kappa shape index (κ3) is 3.41. The second-order valence-electron chi connectivity index (χ2n) is 5.86. The normalized spacial score (nSPS) is 12.3. The molecule has 5 nitrogen and oxygen atoms in total. The van der Waals surface area contributed by atoms with Crippen LogP contribution in [0.4, 0.5) is 0 Å². The van der Waals surface area contributed by atoms with Gasteiger partial charge in [0.05, 0.1) is 17.1 Å². The standard InChI is InChI=1S/C19H20N4O/c1-23(2)17(14-7-4-3-5-8-14)13-22-19(24)16-12-20-11-15-9-6-10-21-18(15)16/h3-12,17H,13H2,1-2H3,(H,22,24). The molecule has 0 spiro atoms. The number of rotatable bonds is 5. The maximum absolute atomic E-state index is 12.6. The molecule has 122 valence electrons. The molecule has 3 aromatic rings. The van der Waals surface area contributed by atoms with Crippen molar-refractivity contribution in [1.82, 2.24) is 20.2 Å². The van der Waals surface area contributed by atoms with Crippen LogP contribution in [0.25, 0.3) is 10.9 Å². The predicted octanol–water partition coefficient (Wildman–Crippen LogP) is 2.66. The molecule has 1 amide bonds. The van der Waals surface area contributed by atoms with Gasteiger partial charge in [-0.25, -0.2) is 0 Å². The van der Waals surface area contributed by atoms with E-state index < -0.39 is 0 Å². The molecule has 0 radical (unpaired) electrons. The van der Waals surface area contributed by atoms with Gasteiger partial charge in [-0.15, -0.1) is 0 Å². The van der Waals surface area contributed by atoms with Gasteiger partial charge in [-0.2, -0.15) is 0 Å². The minimum atomic E-state index is -0.158. The summed E-state index contributed by atoms with van der Waals surface area (Å²) in [7, 11) is 4.01. The maximum atomic E-state index is 12.6. The molecule has 2 heterocycles. The minimum Gasteiger partial charge on any atom is -0.350 e. The summed E-state index contributed by atoms with van der Waals surface area (Å²) < 4.78 is 0. The average molecular weight is 320 g/mol. The van der Waals surface area contributed by atoms with Gasteiger partial charge in [-0.1, -0.05) is 30.3 Å².